The van der Waals surface area contributed by atoms with E-state index in [-0.39, 0.29) is 5.92 Å². The summed E-state index contributed by atoms with van der Waals surface area (Å²) in [4.78, 5) is 11.0. The van der Waals surface area contributed by atoms with Crippen LogP contribution in [0.25, 0.3) is 12.2 Å². The van der Waals surface area contributed by atoms with Gasteiger partial charge in [0, 0.05) is 17.7 Å². The van der Waals surface area contributed by atoms with E-state index in [1.165, 1.54) is 6.08 Å². The summed E-state index contributed by atoms with van der Waals surface area (Å²) in [5.41, 5.74) is 5.11. The maximum atomic E-state index is 11.0. The Morgan fingerprint density at radius 1 is 1.04 bits per heavy atom. The predicted molar refractivity (Wildman–Crippen MR) is 102 cm³/mol. The molecule has 0 aliphatic rings. The molecule has 3 N–H and O–H groups in total. The zero-order valence-corrected chi connectivity index (χ0v) is 14.1. The molecule has 0 radical (unpaired) electrons. The van der Waals surface area contributed by atoms with Crippen LogP contribution in [0.1, 0.15) is 36.0 Å². The van der Waals surface area contributed by atoms with Gasteiger partial charge in [0.25, 0.3) is 5.91 Å². The van der Waals surface area contributed by atoms with Crippen LogP contribution in [0.4, 0.5) is 0 Å². The maximum absolute atomic E-state index is 11.0. The molecule has 0 aliphatic heterocycles. The fourth-order valence-electron chi connectivity index (χ4n) is 2.55. The standard InChI is InChI=1S/C21H22N2O2/c1-2-19(20(22)14-10-16-6-4-3-5-7-16)18-12-8-17(9-13-18)11-15-21(24)23-25/h3-15,19,22,25H,2H2,1H3,(H,23,24)/b14-10+,15-11+,22-20?. The minimum atomic E-state index is -0.566. The van der Waals surface area contributed by atoms with Gasteiger partial charge in [-0.3, -0.25) is 10.0 Å². The average Bonchev–Trinajstić information content (AvgIpc) is 2.66. The van der Waals surface area contributed by atoms with Crippen molar-refractivity contribution in [1.82, 2.24) is 5.48 Å². The molecule has 0 saturated carbocycles. The molecule has 25 heavy (non-hydrogen) atoms. The van der Waals surface area contributed by atoms with Crippen LogP contribution in [-0.4, -0.2) is 16.8 Å². The van der Waals surface area contributed by atoms with Gasteiger partial charge in [0.2, 0.25) is 0 Å². The van der Waals surface area contributed by atoms with Gasteiger partial charge < -0.3 is 5.41 Å². The maximum Gasteiger partial charge on any atom is 0.267 e. The number of carbonyl (C=O) groups excluding carboxylic acids is 1. The Bertz CT molecular complexity index is 762. The van der Waals surface area contributed by atoms with E-state index in [0.717, 1.165) is 23.1 Å². The van der Waals surface area contributed by atoms with Crippen LogP contribution >= 0.6 is 0 Å². The van der Waals surface area contributed by atoms with Gasteiger partial charge >= 0.3 is 0 Å². The van der Waals surface area contributed by atoms with Crippen LogP contribution in [0.3, 0.4) is 0 Å². The van der Waals surface area contributed by atoms with Gasteiger partial charge in [0.05, 0.1) is 0 Å². The molecule has 1 unspecified atom stereocenters. The molecule has 0 saturated heterocycles. The number of amides is 1. The first kappa shape index (κ1) is 18.4. The Labute approximate surface area is 148 Å². The quantitative estimate of drug-likeness (QED) is 0.303. The molecule has 2 aromatic rings. The second kappa shape index (κ2) is 9.35. The highest BCUT2D eigenvalue weighted by Crippen LogP contribution is 2.22. The summed E-state index contributed by atoms with van der Waals surface area (Å²) in [7, 11) is 0. The first-order valence-electron chi connectivity index (χ1n) is 8.17. The molecule has 0 aliphatic carbocycles. The molecule has 0 spiro atoms. The zero-order valence-electron chi connectivity index (χ0n) is 14.1. The van der Waals surface area contributed by atoms with Gasteiger partial charge in [-0.2, -0.15) is 0 Å². The molecule has 0 aromatic heterocycles. The topological polar surface area (TPSA) is 73.2 Å². The van der Waals surface area contributed by atoms with E-state index < -0.39 is 5.91 Å². The van der Waals surface area contributed by atoms with E-state index in [9.17, 15) is 4.79 Å². The first-order valence-corrected chi connectivity index (χ1v) is 8.17. The zero-order chi connectivity index (χ0) is 18.1. The normalized spacial score (nSPS) is 12.4. The van der Waals surface area contributed by atoms with Crippen molar-refractivity contribution in [3.8, 4) is 0 Å². The van der Waals surface area contributed by atoms with Crippen molar-refractivity contribution in [2.75, 3.05) is 0 Å². The van der Waals surface area contributed by atoms with E-state index in [4.69, 9.17) is 10.6 Å². The smallest absolute Gasteiger partial charge is 0.267 e. The lowest BCUT2D eigenvalue weighted by Crippen LogP contribution is -2.14. The van der Waals surface area contributed by atoms with Crippen molar-refractivity contribution in [3.05, 3.63) is 83.4 Å². The summed E-state index contributed by atoms with van der Waals surface area (Å²) in [6.45, 7) is 2.06. The van der Waals surface area contributed by atoms with E-state index in [1.54, 1.807) is 11.6 Å². The van der Waals surface area contributed by atoms with Crippen molar-refractivity contribution >= 4 is 23.8 Å². The Hall–Kier alpha value is -2.98. The fourth-order valence-corrected chi connectivity index (χ4v) is 2.55. The number of hydrogen-bond donors (Lipinski definition) is 3. The first-order chi connectivity index (χ1) is 12.1. The molecule has 4 heteroatoms. The van der Waals surface area contributed by atoms with E-state index >= 15 is 0 Å². The van der Waals surface area contributed by atoms with E-state index in [0.29, 0.717) is 5.71 Å². The summed E-state index contributed by atoms with van der Waals surface area (Å²) >= 11 is 0. The Morgan fingerprint density at radius 2 is 1.64 bits per heavy atom. The summed E-state index contributed by atoms with van der Waals surface area (Å²) in [6, 6.07) is 17.7. The lowest BCUT2D eigenvalue weighted by Gasteiger charge is -2.14. The lowest BCUT2D eigenvalue weighted by atomic mass is 9.90. The molecule has 0 bridgehead atoms. The number of carbonyl (C=O) groups is 1. The number of hydrogen-bond acceptors (Lipinski definition) is 3. The van der Waals surface area contributed by atoms with Gasteiger partial charge in [-0.25, -0.2) is 5.48 Å². The summed E-state index contributed by atoms with van der Waals surface area (Å²) < 4.78 is 0. The SMILES string of the molecule is CCC(C(=N)/C=C/c1ccccc1)c1ccc(/C=C/C(=O)NO)cc1. The van der Waals surface area contributed by atoms with Crippen molar-refractivity contribution < 1.29 is 10.0 Å². The molecular formula is C21H22N2O2. The van der Waals surface area contributed by atoms with Crippen LogP contribution in [-0.2, 0) is 4.79 Å². The molecule has 1 atom stereocenters. The van der Waals surface area contributed by atoms with Gasteiger partial charge in [-0.15, -0.1) is 0 Å². The molecule has 1 amide bonds. The predicted octanol–water partition coefficient (Wildman–Crippen LogP) is 4.43. The van der Waals surface area contributed by atoms with E-state index in [1.807, 2.05) is 66.7 Å². The Balaban J connectivity index is 2.09. The third-order valence-corrected chi connectivity index (χ3v) is 3.91. The highest BCUT2D eigenvalue weighted by molar-refractivity contribution is 6.00. The minimum Gasteiger partial charge on any atom is -0.305 e. The molecule has 128 valence electrons. The third-order valence-electron chi connectivity index (χ3n) is 3.91. The van der Waals surface area contributed by atoms with Gasteiger partial charge in [0.1, 0.15) is 0 Å². The van der Waals surface area contributed by atoms with Crippen LogP contribution in [0.2, 0.25) is 0 Å². The molecule has 2 rings (SSSR count). The lowest BCUT2D eigenvalue weighted by molar-refractivity contribution is -0.124. The molecular weight excluding hydrogens is 312 g/mol. The largest absolute Gasteiger partial charge is 0.305 e. The van der Waals surface area contributed by atoms with Crippen molar-refractivity contribution in [2.24, 2.45) is 0 Å². The molecule has 2 aromatic carbocycles. The van der Waals surface area contributed by atoms with Crippen LogP contribution in [0, 0.1) is 5.41 Å². The average molecular weight is 334 g/mol. The van der Waals surface area contributed by atoms with Gasteiger partial charge in [-0.05, 0) is 35.3 Å². The molecule has 0 fully saturated rings. The van der Waals surface area contributed by atoms with Crippen molar-refractivity contribution in [1.29, 1.82) is 5.41 Å². The number of nitrogens with one attached hydrogen (secondary N) is 2. The minimum absolute atomic E-state index is 0.0266. The third kappa shape index (κ3) is 5.55. The highest BCUT2D eigenvalue weighted by Gasteiger charge is 2.12. The molecule has 4 nitrogen and oxygen atoms in total. The summed E-state index contributed by atoms with van der Waals surface area (Å²) in [5.74, 6) is -0.540. The summed E-state index contributed by atoms with van der Waals surface area (Å²) in [5, 5.41) is 16.8. The van der Waals surface area contributed by atoms with E-state index in [2.05, 4.69) is 6.92 Å². The Morgan fingerprint density at radius 3 is 2.24 bits per heavy atom. The number of hydroxylamine groups is 1. The molecule has 0 heterocycles. The number of benzene rings is 2. The second-order valence-electron chi connectivity index (χ2n) is 5.64. The van der Waals surface area contributed by atoms with Gasteiger partial charge in [-0.1, -0.05) is 67.6 Å². The van der Waals surface area contributed by atoms with Crippen molar-refractivity contribution in [2.45, 2.75) is 19.3 Å². The number of allylic oxidation sites excluding steroid dienone is 1. The monoisotopic (exact) mass is 334 g/mol. The van der Waals surface area contributed by atoms with Crippen LogP contribution < -0.4 is 5.48 Å². The fraction of sp³-hybridized carbons (Fsp3) is 0.143. The van der Waals surface area contributed by atoms with Crippen LogP contribution in [0.5, 0.6) is 0 Å². The number of rotatable bonds is 7. The summed E-state index contributed by atoms with van der Waals surface area (Å²) in [6.07, 6.45) is 7.52. The second-order valence-corrected chi connectivity index (χ2v) is 5.64. The van der Waals surface area contributed by atoms with Gasteiger partial charge in [0.15, 0.2) is 0 Å². The van der Waals surface area contributed by atoms with Crippen LogP contribution in [0.15, 0.2) is 66.7 Å². The Kier molecular flexibility index (Phi) is 6.87. The van der Waals surface area contributed by atoms with Crippen molar-refractivity contribution in [3.63, 3.8) is 0 Å². The highest BCUT2D eigenvalue weighted by atomic mass is 16.5.